The molecule has 1 fully saturated rings. The van der Waals surface area contributed by atoms with E-state index in [2.05, 4.69) is 10.2 Å². The molecule has 2 rings (SSSR count). The Kier molecular flexibility index (Phi) is 5.52. The Hall–Kier alpha value is -1.66. The van der Waals surface area contributed by atoms with E-state index >= 15 is 0 Å². The van der Waals surface area contributed by atoms with Crippen LogP contribution in [0.5, 0.6) is 0 Å². The predicted octanol–water partition coefficient (Wildman–Crippen LogP) is 2.64. The molecule has 1 saturated heterocycles. The minimum Gasteiger partial charge on any atom is -0.380 e. The Morgan fingerprint density at radius 2 is 2.33 bits per heavy atom. The van der Waals surface area contributed by atoms with Crippen molar-refractivity contribution in [3.05, 3.63) is 33.9 Å². The first-order valence-corrected chi connectivity index (χ1v) is 7.41. The number of nitro groups is 1. The monoisotopic (exact) mass is 293 g/mol. The molecule has 0 aliphatic carbocycles. The number of nitrogens with zero attached hydrogens (tertiary/aromatic N) is 2. The Morgan fingerprint density at radius 3 is 2.95 bits per heavy atom. The minimum absolute atomic E-state index is 0.150. The van der Waals surface area contributed by atoms with Crippen LogP contribution >= 0.6 is 0 Å². The molecule has 6 nitrogen and oxygen atoms in total. The Balaban J connectivity index is 2.09. The Morgan fingerprint density at radius 1 is 1.52 bits per heavy atom. The molecular formula is C15H23N3O3. The molecule has 1 aliphatic rings. The molecule has 6 heteroatoms. The van der Waals surface area contributed by atoms with Crippen molar-refractivity contribution in [3.8, 4) is 0 Å². The van der Waals surface area contributed by atoms with Gasteiger partial charge in [-0.15, -0.1) is 0 Å². The number of ether oxygens (including phenoxy) is 1. The van der Waals surface area contributed by atoms with E-state index in [1.54, 1.807) is 6.07 Å². The summed E-state index contributed by atoms with van der Waals surface area (Å²) in [5.41, 5.74) is 1.70. The van der Waals surface area contributed by atoms with Gasteiger partial charge in [0.05, 0.1) is 11.5 Å². The number of benzene rings is 1. The normalized spacial score (nSPS) is 18.1. The number of nitro benzene ring substituents is 1. The van der Waals surface area contributed by atoms with E-state index in [1.165, 1.54) is 0 Å². The van der Waals surface area contributed by atoms with Crippen molar-refractivity contribution in [2.75, 3.05) is 32.1 Å². The average Bonchev–Trinajstić information content (AvgIpc) is 3.00. The lowest BCUT2D eigenvalue weighted by Crippen LogP contribution is -2.31. The van der Waals surface area contributed by atoms with Crippen LogP contribution in [0.15, 0.2) is 18.2 Å². The quantitative estimate of drug-likeness (QED) is 0.618. The maximum absolute atomic E-state index is 11.2. The van der Waals surface area contributed by atoms with Gasteiger partial charge >= 0.3 is 0 Å². The van der Waals surface area contributed by atoms with E-state index in [4.69, 9.17) is 4.74 Å². The summed E-state index contributed by atoms with van der Waals surface area (Å²) in [6.07, 6.45) is 1.96. The average molecular weight is 293 g/mol. The minimum atomic E-state index is -0.319. The lowest BCUT2D eigenvalue weighted by molar-refractivity contribution is -0.384. The lowest BCUT2D eigenvalue weighted by Gasteiger charge is -2.22. The fraction of sp³-hybridized carbons (Fsp3) is 0.600. The van der Waals surface area contributed by atoms with Crippen LogP contribution in [-0.4, -0.2) is 42.7 Å². The standard InChI is InChI=1S/C15H23N3O3/c1-3-7-16-14-5-4-12(9-15(14)18(19)20)10-17(2)13-6-8-21-11-13/h4-5,9,13,16H,3,6-8,10-11H2,1-2H3. The van der Waals surface area contributed by atoms with Crippen molar-refractivity contribution in [2.45, 2.75) is 32.4 Å². The van der Waals surface area contributed by atoms with Gasteiger partial charge in [-0.25, -0.2) is 0 Å². The van der Waals surface area contributed by atoms with Crippen molar-refractivity contribution in [2.24, 2.45) is 0 Å². The molecular weight excluding hydrogens is 270 g/mol. The number of rotatable bonds is 7. The summed E-state index contributed by atoms with van der Waals surface area (Å²) in [6, 6.07) is 5.84. The number of hydrogen-bond acceptors (Lipinski definition) is 5. The maximum Gasteiger partial charge on any atom is 0.292 e. The molecule has 0 saturated carbocycles. The highest BCUT2D eigenvalue weighted by Gasteiger charge is 2.21. The third kappa shape index (κ3) is 4.15. The second kappa shape index (κ2) is 7.38. The van der Waals surface area contributed by atoms with Crippen LogP contribution in [0.3, 0.4) is 0 Å². The predicted molar refractivity (Wildman–Crippen MR) is 82.6 cm³/mol. The van der Waals surface area contributed by atoms with Gasteiger partial charge in [0.25, 0.3) is 5.69 Å². The van der Waals surface area contributed by atoms with Gasteiger partial charge in [0.1, 0.15) is 5.69 Å². The molecule has 1 aliphatic heterocycles. The fourth-order valence-electron chi connectivity index (χ4n) is 2.52. The van der Waals surface area contributed by atoms with Crippen LogP contribution in [-0.2, 0) is 11.3 Å². The highest BCUT2D eigenvalue weighted by Crippen LogP contribution is 2.26. The van der Waals surface area contributed by atoms with Crippen LogP contribution < -0.4 is 5.32 Å². The third-order valence-corrected chi connectivity index (χ3v) is 3.79. The molecule has 0 spiro atoms. The zero-order chi connectivity index (χ0) is 15.2. The second-order valence-electron chi connectivity index (χ2n) is 5.47. The smallest absolute Gasteiger partial charge is 0.292 e. The zero-order valence-corrected chi connectivity index (χ0v) is 12.7. The van der Waals surface area contributed by atoms with Crippen LogP contribution in [0, 0.1) is 10.1 Å². The van der Waals surface area contributed by atoms with Gasteiger partial charge in [-0.05, 0) is 31.5 Å². The summed E-state index contributed by atoms with van der Waals surface area (Å²) in [6.45, 7) is 5.01. The van der Waals surface area contributed by atoms with Gasteiger partial charge in [-0.2, -0.15) is 0 Å². The number of nitrogens with one attached hydrogen (secondary N) is 1. The van der Waals surface area contributed by atoms with Crippen molar-refractivity contribution in [1.82, 2.24) is 4.90 Å². The maximum atomic E-state index is 11.2. The summed E-state index contributed by atoms with van der Waals surface area (Å²) in [5.74, 6) is 0. The number of likely N-dealkylation sites (N-methyl/N-ethyl adjacent to an activating group) is 1. The van der Waals surface area contributed by atoms with Gasteiger partial charge in [-0.3, -0.25) is 15.0 Å². The first kappa shape index (κ1) is 15.7. The molecule has 0 bridgehead atoms. The van der Waals surface area contributed by atoms with Crippen LogP contribution in [0.4, 0.5) is 11.4 Å². The van der Waals surface area contributed by atoms with Crippen molar-refractivity contribution >= 4 is 11.4 Å². The highest BCUT2D eigenvalue weighted by atomic mass is 16.6. The summed E-state index contributed by atoms with van der Waals surface area (Å²) >= 11 is 0. The number of anilines is 1. The van der Waals surface area contributed by atoms with E-state index in [-0.39, 0.29) is 10.6 Å². The van der Waals surface area contributed by atoms with E-state index in [1.807, 2.05) is 26.1 Å². The zero-order valence-electron chi connectivity index (χ0n) is 12.7. The summed E-state index contributed by atoms with van der Waals surface area (Å²) in [7, 11) is 2.04. The van der Waals surface area contributed by atoms with Crippen molar-refractivity contribution < 1.29 is 9.66 Å². The molecule has 1 aromatic rings. The van der Waals surface area contributed by atoms with E-state index in [0.717, 1.165) is 38.2 Å². The van der Waals surface area contributed by atoms with Gasteiger partial charge in [0.15, 0.2) is 0 Å². The molecule has 116 valence electrons. The van der Waals surface area contributed by atoms with E-state index in [0.29, 0.717) is 18.3 Å². The van der Waals surface area contributed by atoms with Crippen LogP contribution in [0.1, 0.15) is 25.3 Å². The SMILES string of the molecule is CCCNc1ccc(CN(C)C2CCOC2)cc1[N+](=O)[O-]. The highest BCUT2D eigenvalue weighted by molar-refractivity contribution is 5.62. The summed E-state index contributed by atoms with van der Waals surface area (Å²) < 4.78 is 5.38. The first-order chi connectivity index (χ1) is 10.1. The van der Waals surface area contributed by atoms with E-state index < -0.39 is 0 Å². The molecule has 1 unspecified atom stereocenters. The second-order valence-corrected chi connectivity index (χ2v) is 5.47. The first-order valence-electron chi connectivity index (χ1n) is 7.41. The molecule has 1 N–H and O–H groups in total. The number of hydrogen-bond donors (Lipinski definition) is 1. The largest absolute Gasteiger partial charge is 0.380 e. The molecule has 21 heavy (non-hydrogen) atoms. The lowest BCUT2D eigenvalue weighted by atomic mass is 10.1. The van der Waals surface area contributed by atoms with Gasteiger partial charge in [0.2, 0.25) is 0 Å². The Labute approximate surface area is 125 Å². The third-order valence-electron chi connectivity index (χ3n) is 3.79. The molecule has 1 heterocycles. The van der Waals surface area contributed by atoms with Crippen molar-refractivity contribution in [1.29, 1.82) is 0 Å². The van der Waals surface area contributed by atoms with Gasteiger partial charge < -0.3 is 10.1 Å². The summed E-state index contributed by atoms with van der Waals surface area (Å²) in [4.78, 5) is 13.1. The van der Waals surface area contributed by atoms with Gasteiger partial charge in [-0.1, -0.05) is 13.0 Å². The molecule has 0 amide bonds. The van der Waals surface area contributed by atoms with Crippen LogP contribution in [0.25, 0.3) is 0 Å². The molecule has 0 radical (unpaired) electrons. The van der Waals surface area contributed by atoms with Gasteiger partial charge in [0, 0.05) is 31.8 Å². The van der Waals surface area contributed by atoms with Crippen LogP contribution in [0.2, 0.25) is 0 Å². The molecule has 1 aromatic carbocycles. The Bertz CT molecular complexity index is 487. The summed E-state index contributed by atoms with van der Waals surface area (Å²) in [5, 5.41) is 14.3. The fourth-order valence-corrected chi connectivity index (χ4v) is 2.52. The van der Waals surface area contributed by atoms with Crippen molar-refractivity contribution in [3.63, 3.8) is 0 Å². The topological polar surface area (TPSA) is 67.6 Å². The van der Waals surface area contributed by atoms with E-state index in [9.17, 15) is 10.1 Å². The molecule has 0 aromatic heterocycles. The molecule has 1 atom stereocenters.